The van der Waals surface area contributed by atoms with Gasteiger partial charge in [-0.3, -0.25) is 23.2 Å². The molecular formula is C19H28N6O3. The zero-order valence-corrected chi connectivity index (χ0v) is 17.0. The molecule has 0 saturated carbocycles. The summed E-state index contributed by atoms with van der Waals surface area (Å²) in [6, 6.07) is 0.259. The van der Waals surface area contributed by atoms with Gasteiger partial charge in [0.1, 0.15) is 0 Å². The van der Waals surface area contributed by atoms with Gasteiger partial charge in [0.15, 0.2) is 11.2 Å². The van der Waals surface area contributed by atoms with Crippen molar-refractivity contribution in [3.05, 3.63) is 32.7 Å². The third-order valence-corrected chi connectivity index (χ3v) is 5.84. The lowest BCUT2D eigenvalue weighted by atomic mass is 10.2. The standard InChI is InChI=1S/C19H28N6O3/c1-5-13(2)25-14(3)12-24-15-16(20-18(24)25)21(4)19(27)23(17(15)26)7-6-22-8-10-28-11-9-22/h12-13H,5-11H2,1-4H3/t13-/m0/s1. The molecule has 9 heteroatoms. The van der Waals surface area contributed by atoms with Crippen LogP contribution in [0.25, 0.3) is 16.9 Å². The molecular weight excluding hydrogens is 360 g/mol. The minimum absolute atomic E-state index is 0.259. The van der Waals surface area contributed by atoms with Gasteiger partial charge in [0.25, 0.3) is 5.56 Å². The minimum atomic E-state index is -0.321. The maximum Gasteiger partial charge on any atom is 0.332 e. The molecule has 0 bridgehead atoms. The van der Waals surface area contributed by atoms with E-state index in [1.54, 1.807) is 7.05 Å². The topological polar surface area (TPSA) is 78.7 Å². The molecule has 0 N–H and O–H groups in total. The Labute approximate surface area is 162 Å². The van der Waals surface area contributed by atoms with Gasteiger partial charge in [-0.05, 0) is 20.3 Å². The summed E-state index contributed by atoms with van der Waals surface area (Å²) in [5.41, 5.74) is 1.35. The average molecular weight is 388 g/mol. The normalized spacial score (nSPS) is 17.0. The van der Waals surface area contributed by atoms with Crippen LogP contribution in [0.4, 0.5) is 0 Å². The molecule has 3 aromatic rings. The zero-order chi connectivity index (χ0) is 20.0. The Morgan fingerprint density at radius 2 is 1.93 bits per heavy atom. The van der Waals surface area contributed by atoms with E-state index in [0.717, 1.165) is 25.2 Å². The number of aromatic nitrogens is 5. The predicted molar refractivity (Wildman–Crippen MR) is 107 cm³/mol. The first kappa shape index (κ1) is 18.9. The number of ether oxygens (including phenoxy) is 1. The Balaban J connectivity index is 1.85. The molecule has 0 aliphatic carbocycles. The monoisotopic (exact) mass is 388 g/mol. The van der Waals surface area contributed by atoms with Crippen molar-refractivity contribution in [1.82, 2.24) is 28.0 Å². The first-order chi connectivity index (χ1) is 13.4. The highest BCUT2D eigenvalue weighted by atomic mass is 16.5. The minimum Gasteiger partial charge on any atom is -0.379 e. The first-order valence-electron chi connectivity index (χ1n) is 9.93. The summed E-state index contributed by atoms with van der Waals surface area (Å²) in [4.78, 5) is 33.0. The Bertz CT molecular complexity index is 1130. The Morgan fingerprint density at radius 3 is 2.61 bits per heavy atom. The molecule has 0 amide bonds. The van der Waals surface area contributed by atoms with E-state index in [2.05, 4.69) is 28.3 Å². The number of hydrogen-bond acceptors (Lipinski definition) is 5. The molecule has 152 valence electrons. The number of rotatable bonds is 5. The molecule has 0 unspecified atom stereocenters. The van der Waals surface area contributed by atoms with Crippen LogP contribution in [-0.4, -0.2) is 60.8 Å². The summed E-state index contributed by atoms with van der Waals surface area (Å²) in [5, 5.41) is 0. The molecule has 0 radical (unpaired) electrons. The summed E-state index contributed by atoms with van der Waals surface area (Å²) in [5.74, 6) is 0.708. The lowest BCUT2D eigenvalue weighted by Gasteiger charge is -2.26. The van der Waals surface area contributed by atoms with E-state index in [-0.39, 0.29) is 17.3 Å². The van der Waals surface area contributed by atoms with Crippen molar-refractivity contribution >= 4 is 16.9 Å². The van der Waals surface area contributed by atoms with E-state index in [1.807, 2.05) is 17.5 Å². The highest BCUT2D eigenvalue weighted by Gasteiger charge is 2.22. The smallest absolute Gasteiger partial charge is 0.332 e. The molecule has 9 nitrogen and oxygen atoms in total. The van der Waals surface area contributed by atoms with Gasteiger partial charge in [0.05, 0.1) is 13.2 Å². The lowest BCUT2D eigenvalue weighted by molar-refractivity contribution is 0.0361. The van der Waals surface area contributed by atoms with Crippen LogP contribution in [0.5, 0.6) is 0 Å². The lowest BCUT2D eigenvalue weighted by Crippen LogP contribution is -2.44. The fourth-order valence-corrected chi connectivity index (χ4v) is 4.02. The maximum atomic E-state index is 13.2. The SMILES string of the molecule is CC[C@H](C)n1c(C)cn2c3c(=O)n(CCN4CCOCC4)c(=O)n(C)c3nc12. The van der Waals surface area contributed by atoms with Crippen LogP contribution in [0.15, 0.2) is 15.8 Å². The third kappa shape index (κ3) is 2.89. The second kappa shape index (κ2) is 7.21. The van der Waals surface area contributed by atoms with Gasteiger partial charge in [-0.25, -0.2) is 4.79 Å². The average Bonchev–Trinajstić information content (AvgIpc) is 3.21. The van der Waals surface area contributed by atoms with Crippen LogP contribution in [0.2, 0.25) is 0 Å². The number of aryl methyl sites for hydroxylation is 2. The summed E-state index contributed by atoms with van der Waals surface area (Å²) in [7, 11) is 1.68. The maximum absolute atomic E-state index is 13.2. The van der Waals surface area contributed by atoms with Crippen LogP contribution in [0.3, 0.4) is 0 Å². The van der Waals surface area contributed by atoms with E-state index in [1.165, 1.54) is 9.13 Å². The van der Waals surface area contributed by atoms with Crippen LogP contribution < -0.4 is 11.2 Å². The highest BCUT2D eigenvalue weighted by Crippen LogP contribution is 2.22. The number of nitrogens with zero attached hydrogens (tertiary/aromatic N) is 6. The molecule has 1 atom stereocenters. The molecule has 0 spiro atoms. The molecule has 4 rings (SSSR count). The summed E-state index contributed by atoms with van der Waals surface area (Å²) in [6.45, 7) is 10.3. The van der Waals surface area contributed by atoms with Crippen LogP contribution >= 0.6 is 0 Å². The van der Waals surface area contributed by atoms with Gasteiger partial charge in [-0.2, -0.15) is 4.98 Å². The van der Waals surface area contributed by atoms with Gasteiger partial charge in [0, 0.05) is 51.2 Å². The van der Waals surface area contributed by atoms with E-state index in [9.17, 15) is 9.59 Å². The molecule has 1 aliphatic heterocycles. The Hall–Kier alpha value is -2.39. The quantitative estimate of drug-likeness (QED) is 0.645. The number of hydrogen-bond donors (Lipinski definition) is 0. The second-order valence-electron chi connectivity index (χ2n) is 7.60. The van der Waals surface area contributed by atoms with Crippen molar-refractivity contribution in [1.29, 1.82) is 0 Å². The molecule has 4 heterocycles. The van der Waals surface area contributed by atoms with E-state index < -0.39 is 0 Å². The number of morpholine rings is 1. The number of imidazole rings is 2. The van der Waals surface area contributed by atoms with Gasteiger partial charge >= 0.3 is 5.69 Å². The molecule has 28 heavy (non-hydrogen) atoms. The number of fused-ring (bicyclic) bond motifs is 3. The van der Waals surface area contributed by atoms with E-state index in [0.29, 0.717) is 43.2 Å². The van der Waals surface area contributed by atoms with Gasteiger partial charge in [-0.15, -0.1) is 0 Å². The second-order valence-corrected chi connectivity index (χ2v) is 7.60. The third-order valence-electron chi connectivity index (χ3n) is 5.84. The summed E-state index contributed by atoms with van der Waals surface area (Å²) >= 11 is 0. The van der Waals surface area contributed by atoms with Crippen LogP contribution in [0.1, 0.15) is 32.0 Å². The van der Waals surface area contributed by atoms with Gasteiger partial charge in [0.2, 0.25) is 5.78 Å². The molecule has 1 aliphatic rings. The fraction of sp³-hybridized carbons (Fsp3) is 0.632. The molecule has 0 aromatic carbocycles. The first-order valence-corrected chi connectivity index (χ1v) is 9.93. The van der Waals surface area contributed by atoms with Crippen molar-refractivity contribution in [3.8, 4) is 0 Å². The molecule has 1 saturated heterocycles. The highest BCUT2D eigenvalue weighted by molar-refractivity contribution is 5.75. The van der Waals surface area contributed by atoms with E-state index >= 15 is 0 Å². The summed E-state index contributed by atoms with van der Waals surface area (Å²) in [6.07, 6.45) is 2.89. The summed E-state index contributed by atoms with van der Waals surface area (Å²) < 4.78 is 12.2. The van der Waals surface area contributed by atoms with Crippen LogP contribution in [0, 0.1) is 6.92 Å². The van der Waals surface area contributed by atoms with Crippen molar-refractivity contribution < 1.29 is 4.74 Å². The predicted octanol–water partition coefficient (Wildman–Crippen LogP) is 0.761. The Morgan fingerprint density at radius 1 is 1.21 bits per heavy atom. The van der Waals surface area contributed by atoms with Crippen molar-refractivity contribution in [3.63, 3.8) is 0 Å². The van der Waals surface area contributed by atoms with Crippen molar-refractivity contribution in [2.24, 2.45) is 7.05 Å². The molecule has 1 fully saturated rings. The fourth-order valence-electron chi connectivity index (χ4n) is 4.02. The Kier molecular flexibility index (Phi) is 4.88. The van der Waals surface area contributed by atoms with Gasteiger partial charge < -0.3 is 9.30 Å². The molecule has 3 aromatic heterocycles. The van der Waals surface area contributed by atoms with Gasteiger partial charge in [-0.1, -0.05) is 6.92 Å². The van der Waals surface area contributed by atoms with Crippen molar-refractivity contribution in [2.75, 3.05) is 32.8 Å². The van der Waals surface area contributed by atoms with E-state index in [4.69, 9.17) is 4.74 Å². The zero-order valence-electron chi connectivity index (χ0n) is 17.0. The van der Waals surface area contributed by atoms with Crippen molar-refractivity contribution in [2.45, 2.75) is 39.8 Å². The largest absolute Gasteiger partial charge is 0.379 e. The van der Waals surface area contributed by atoms with Crippen LogP contribution in [-0.2, 0) is 18.3 Å².